The standard InChI is InChI=1S/C20H15BrN2O3S/c21-14-10-11-18-17(12-14)16-8-4-5-9-19(16)27(25,26)23(18)13-20(24)22-15-6-2-1-3-7-15/h1-12H,13H2,(H,22,24). The molecule has 0 atom stereocenters. The first-order valence-corrected chi connectivity index (χ1v) is 10.5. The molecule has 0 bridgehead atoms. The van der Waals surface area contributed by atoms with Crippen molar-refractivity contribution in [1.82, 2.24) is 0 Å². The van der Waals surface area contributed by atoms with Gasteiger partial charge in [-0.05, 0) is 36.4 Å². The van der Waals surface area contributed by atoms with Crippen molar-refractivity contribution in [1.29, 1.82) is 0 Å². The Balaban J connectivity index is 1.76. The highest BCUT2D eigenvalue weighted by Crippen LogP contribution is 2.43. The average molecular weight is 443 g/mol. The molecule has 0 aromatic heterocycles. The van der Waals surface area contributed by atoms with Crippen molar-refractivity contribution in [2.75, 3.05) is 16.2 Å². The number of carbonyl (C=O) groups excluding carboxylic acids is 1. The van der Waals surface area contributed by atoms with Crippen molar-refractivity contribution in [3.05, 3.63) is 77.3 Å². The van der Waals surface area contributed by atoms with Crippen molar-refractivity contribution in [3.8, 4) is 11.1 Å². The summed E-state index contributed by atoms with van der Waals surface area (Å²) in [5.41, 5.74) is 2.50. The largest absolute Gasteiger partial charge is 0.325 e. The lowest BCUT2D eigenvalue weighted by atomic mass is 10.0. The molecule has 0 aliphatic carbocycles. The van der Waals surface area contributed by atoms with Crippen LogP contribution in [0.1, 0.15) is 0 Å². The summed E-state index contributed by atoms with van der Waals surface area (Å²) in [4.78, 5) is 12.7. The first-order chi connectivity index (χ1) is 13.0. The van der Waals surface area contributed by atoms with Gasteiger partial charge >= 0.3 is 0 Å². The summed E-state index contributed by atoms with van der Waals surface area (Å²) in [5.74, 6) is -0.405. The number of amides is 1. The van der Waals surface area contributed by atoms with E-state index in [1.807, 2.05) is 12.1 Å². The van der Waals surface area contributed by atoms with E-state index in [0.29, 0.717) is 16.9 Å². The van der Waals surface area contributed by atoms with Gasteiger partial charge in [-0.2, -0.15) is 0 Å². The predicted molar refractivity (Wildman–Crippen MR) is 109 cm³/mol. The van der Waals surface area contributed by atoms with Gasteiger partial charge in [0.15, 0.2) is 0 Å². The summed E-state index contributed by atoms with van der Waals surface area (Å²) in [6, 6.07) is 21.1. The Labute approximate surface area is 165 Å². The van der Waals surface area contributed by atoms with Gasteiger partial charge in [0, 0.05) is 21.3 Å². The third kappa shape index (κ3) is 3.24. The van der Waals surface area contributed by atoms with E-state index >= 15 is 0 Å². The lowest BCUT2D eigenvalue weighted by Crippen LogP contribution is -2.40. The molecule has 1 aliphatic rings. The van der Waals surface area contributed by atoms with Gasteiger partial charge in [-0.25, -0.2) is 8.42 Å². The minimum absolute atomic E-state index is 0.197. The van der Waals surface area contributed by atoms with Crippen molar-refractivity contribution in [2.24, 2.45) is 0 Å². The third-order valence-electron chi connectivity index (χ3n) is 4.32. The van der Waals surface area contributed by atoms with Crippen LogP contribution in [0.3, 0.4) is 0 Å². The van der Waals surface area contributed by atoms with Crippen molar-refractivity contribution >= 4 is 43.2 Å². The van der Waals surface area contributed by atoms with E-state index < -0.39 is 15.9 Å². The van der Waals surface area contributed by atoms with Crippen LogP contribution in [0.2, 0.25) is 0 Å². The second-order valence-corrected chi connectivity index (χ2v) is 8.83. The molecule has 1 amide bonds. The lowest BCUT2D eigenvalue weighted by molar-refractivity contribution is -0.114. The number of rotatable bonds is 3. The highest BCUT2D eigenvalue weighted by molar-refractivity contribution is 9.10. The fraction of sp³-hybridized carbons (Fsp3) is 0.0500. The van der Waals surface area contributed by atoms with Crippen LogP contribution < -0.4 is 9.62 Å². The first kappa shape index (κ1) is 17.8. The maximum absolute atomic E-state index is 13.2. The Morgan fingerprint density at radius 1 is 0.926 bits per heavy atom. The Morgan fingerprint density at radius 2 is 1.63 bits per heavy atom. The van der Waals surface area contributed by atoms with Crippen LogP contribution in [-0.4, -0.2) is 20.9 Å². The van der Waals surface area contributed by atoms with Crippen molar-refractivity contribution < 1.29 is 13.2 Å². The lowest BCUT2D eigenvalue weighted by Gasteiger charge is -2.31. The average Bonchev–Trinajstić information content (AvgIpc) is 2.66. The zero-order valence-electron chi connectivity index (χ0n) is 14.1. The molecule has 0 fully saturated rings. The van der Waals surface area contributed by atoms with E-state index in [1.165, 1.54) is 0 Å². The smallest absolute Gasteiger partial charge is 0.265 e. The molecule has 1 aliphatic heterocycles. The number of nitrogens with one attached hydrogen (secondary N) is 1. The van der Waals surface area contributed by atoms with Gasteiger partial charge in [0.25, 0.3) is 10.0 Å². The number of fused-ring (bicyclic) bond motifs is 3. The maximum atomic E-state index is 13.2. The van der Waals surface area contributed by atoms with E-state index in [1.54, 1.807) is 60.7 Å². The van der Waals surface area contributed by atoms with Crippen LogP contribution >= 0.6 is 15.9 Å². The van der Waals surface area contributed by atoms with Gasteiger partial charge in [-0.1, -0.05) is 52.3 Å². The van der Waals surface area contributed by atoms with E-state index in [9.17, 15) is 13.2 Å². The van der Waals surface area contributed by atoms with E-state index in [4.69, 9.17) is 0 Å². The normalized spacial score (nSPS) is 14.2. The fourth-order valence-electron chi connectivity index (χ4n) is 3.13. The van der Waals surface area contributed by atoms with Crippen LogP contribution in [0.25, 0.3) is 11.1 Å². The second kappa shape index (κ2) is 6.83. The summed E-state index contributed by atoms with van der Waals surface area (Å²) in [6.07, 6.45) is 0. The summed E-state index contributed by atoms with van der Waals surface area (Å²) in [5, 5.41) is 2.74. The van der Waals surface area contributed by atoms with Gasteiger partial charge < -0.3 is 5.32 Å². The highest BCUT2D eigenvalue weighted by Gasteiger charge is 2.35. The fourth-order valence-corrected chi connectivity index (χ4v) is 5.14. The van der Waals surface area contributed by atoms with E-state index in [0.717, 1.165) is 14.3 Å². The number of halogens is 1. The van der Waals surface area contributed by atoms with Gasteiger partial charge in [0.05, 0.1) is 10.6 Å². The summed E-state index contributed by atoms with van der Waals surface area (Å²) in [6.45, 7) is -0.305. The van der Waals surface area contributed by atoms with Crippen LogP contribution in [0, 0.1) is 0 Å². The molecule has 5 nitrogen and oxygen atoms in total. The molecule has 0 unspecified atom stereocenters. The quantitative estimate of drug-likeness (QED) is 0.658. The summed E-state index contributed by atoms with van der Waals surface area (Å²) in [7, 11) is -3.84. The number of carbonyl (C=O) groups is 1. The number of anilines is 2. The van der Waals surface area contributed by atoms with Crippen LogP contribution in [0.4, 0.5) is 11.4 Å². The first-order valence-electron chi connectivity index (χ1n) is 8.23. The number of hydrogen-bond acceptors (Lipinski definition) is 3. The Morgan fingerprint density at radius 3 is 2.41 bits per heavy atom. The Bertz CT molecular complexity index is 1130. The number of sulfonamides is 1. The molecule has 0 radical (unpaired) electrons. The molecule has 4 rings (SSSR count). The molecular formula is C20H15BrN2O3S. The minimum atomic E-state index is -3.84. The molecule has 0 saturated heterocycles. The maximum Gasteiger partial charge on any atom is 0.265 e. The third-order valence-corrected chi connectivity index (χ3v) is 6.63. The van der Waals surface area contributed by atoms with Crippen LogP contribution in [-0.2, 0) is 14.8 Å². The van der Waals surface area contributed by atoms with Gasteiger partial charge in [0.1, 0.15) is 6.54 Å². The van der Waals surface area contributed by atoms with E-state index in [-0.39, 0.29) is 11.4 Å². The van der Waals surface area contributed by atoms with Crippen molar-refractivity contribution in [2.45, 2.75) is 4.90 Å². The Kier molecular flexibility index (Phi) is 4.49. The molecule has 3 aromatic carbocycles. The summed E-state index contributed by atoms with van der Waals surface area (Å²) >= 11 is 3.44. The molecule has 0 spiro atoms. The molecule has 1 N–H and O–H groups in total. The minimum Gasteiger partial charge on any atom is -0.325 e. The molecule has 7 heteroatoms. The van der Waals surface area contributed by atoms with Gasteiger partial charge in [-0.15, -0.1) is 0 Å². The molecular weight excluding hydrogens is 428 g/mol. The number of benzene rings is 3. The highest BCUT2D eigenvalue weighted by atomic mass is 79.9. The molecule has 1 heterocycles. The van der Waals surface area contributed by atoms with Crippen LogP contribution in [0.5, 0.6) is 0 Å². The summed E-state index contributed by atoms with van der Waals surface area (Å²) < 4.78 is 28.3. The SMILES string of the molecule is O=C(CN1c2ccc(Br)cc2-c2ccccc2S1(=O)=O)Nc1ccccc1. The Hall–Kier alpha value is -2.64. The topological polar surface area (TPSA) is 66.5 Å². The zero-order valence-corrected chi connectivity index (χ0v) is 16.5. The number of hydrogen-bond donors (Lipinski definition) is 1. The number of para-hydroxylation sites is 1. The van der Waals surface area contributed by atoms with E-state index in [2.05, 4.69) is 21.2 Å². The molecule has 3 aromatic rings. The van der Waals surface area contributed by atoms with Gasteiger partial charge in [-0.3, -0.25) is 9.10 Å². The monoisotopic (exact) mass is 442 g/mol. The molecule has 136 valence electrons. The van der Waals surface area contributed by atoms with Crippen molar-refractivity contribution in [3.63, 3.8) is 0 Å². The predicted octanol–water partition coefficient (Wildman–Crippen LogP) is 4.26. The van der Waals surface area contributed by atoms with Gasteiger partial charge in [0.2, 0.25) is 5.91 Å². The molecule has 27 heavy (non-hydrogen) atoms. The zero-order chi connectivity index (χ0) is 19.0. The molecule has 0 saturated carbocycles. The van der Waals surface area contributed by atoms with Crippen LogP contribution in [0.15, 0.2) is 82.2 Å². The number of nitrogens with zero attached hydrogens (tertiary/aromatic N) is 1. The second-order valence-electron chi connectivity index (χ2n) is 6.08.